The molecule has 0 amide bonds. The molecule has 0 aromatic carbocycles. The molecule has 1 heterocycles. The first kappa shape index (κ1) is 14.8. The molecule has 1 rings (SSSR count). The summed E-state index contributed by atoms with van der Waals surface area (Å²) in [5.41, 5.74) is 5.34. The van der Waals surface area contributed by atoms with Crippen LogP contribution in [-0.4, -0.2) is 35.4 Å². The van der Waals surface area contributed by atoms with Crippen molar-refractivity contribution in [2.75, 3.05) is 13.2 Å². The maximum atomic E-state index is 9.52. The summed E-state index contributed by atoms with van der Waals surface area (Å²) in [4.78, 5) is 0. The van der Waals surface area contributed by atoms with Crippen molar-refractivity contribution in [3.8, 4) is 5.69 Å². The largest absolute Gasteiger partial charge is 0.396 e. The van der Waals surface area contributed by atoms with Gasteiger partial charge in [0.1, 0.15) is 0 Å². The molecule has 100 valence electrons. The van der Waals surface area contributed by atoms with Gasteiger partial charge in [-0.05, 0) is 5.87 Å². The first-order valence-corrected chi connectivity index (χ1v) is 7.22. The minimum absolute atomic E-state index is 0.0622. The number of aliphatic hydroxyl groups excluding tert-OH is 1. The van der Waals surface area contributed by atoms with Crippen LogP contribution in [0.3, 0.4) is 0 Å². The zero-order valence-electron chi connectivity index (χ0n) is 11.4. The van der Waals surface area contributed by atoms with E-state index in [1.807, 2.05) is 20.8 Å². The fourth-order valence-corrected chi connectivity index (χ4v) is 2.67. The third-order valence-corrected chi connectivity index (χ3v) is 4.51. The molecule has 1 aliphatic heterocycles. The predicted octanol–water partition coefficient (Wildman–Crippen LogP) is 2.41. The molecular weight excluding hydrogens is 236 g/mol. The highest BCUT2D eigenvalue weighted by Gasteiger charge is 2.50. The lowest BCUT2D eigenvalue weighted by atomic mass is 9.72. The van der Waals surface area contributed by atoms with Crippen molar-refractivity contribution < 1.29 is 14.6 Å². The summed E-state index contributed by atoms with van der Waals surface area (Å²) in [5, 5.41) is 8.67. The van der Waals surface area contributed by atoms with E-state index >= 15 is 0 Å². The second-order valence-electron chi connectivity index (χ2n) is 6.21. The summed E-state index contributed by atoms with van der Waals surface area (Å²) in [6, 6.07) is 0. The summed E-state index contributed by atoms with van der Waals surface area (Å²) in [7, 11) is -0.734. The molecule has 0 aromatic heterocycles. The molecule has 0 aromatic rings. The highest BCUT2D eigenvalue weighted by Crippen LogP contribution is 2.45. The molecule has 2 unspecified atom stereocenters. The molecule has 0 saturated carbocycles. The zero-order chi connectivity index (χ0) is 13.5. The van der Waals surface area contributed by atoms with E-state index < -0.39 is 15.0 Å². The minimum atomic E-state index is -0.855. The third-order valence-electron chi connectivity index (χ3n) is 3.34. The standard InChI is InChI=1S/C13H24O3S/c1-11(2,8-14)10-12(3,4)9-15-13(5,16-10)17(6)7/h6,10,14H,7-9H2,1-5H3. The average molecular weight is 260 g/mol. The molecule has 1 N–H and O–H groups in total. The quantitative estimate of drug-likeness (QED) is 0.775. The molecule has 17 heavy (non-hydrogen) atoms. The van der Waals surface area contributed by atoms with Crippen LogP contribution in [0.25, 0.3) is 0 Å². The average Bonchev–Trinajstić information content (AvgIpc) is 2.21. The Kier molecular flexibility index (Phi) is 3.88. The van der Waals surface area contributed by atoms with Crippen LogP contribution in [0.1, 0.15) is 34.6 Å². The highest BCUT2D eigenvalue weighted by atomic mass is 32.2. The molecule has 4 heteroatoms. The molecule has 0 bridgehead atoms. The van der Waals surface area contributed by atoms with Gasteiger partial charge >= 0.3 is 0 Å². The third kappa shape index (κ3) is 2.78. The monoisotopic (exact) mass is 260 g/mol. The Morgan fingerprint density at radius 3 is 2.41 bits per heavy atom. The molecule has 2 atom stereocenters. The van der Waals surface area contributed by atoms with Crippen LogP contribution < -0.4 is 0 Å². The molecule has 3 nitrogen and oxygen atoms in total. The second kappa shape index (κ2) is 4.45. The number of ether oxygens (including phenoxy) is 2. The van der Waals surface area contributed by atoms with Crippen molar-refractivity contribution in [1.29, 1.82) is 0 Å². The lowest BCUT2D eigenvalue weighted by Crippen LogP contribution is -2.56. The topological polar surface area (TPSA) is 38.7 Å². The Morgan fingerprint density at radius 1 is 1.47 bits per heavy atom. The van der Waals surface area contributed by atoms with Crippen LogP contribution in [0.15, 0.2) is 0 Å². The number of aliphatic hydroxyl groups is 1. The van der Waals surface area contributed by atoms with Gasteiger partial charge < -0.3 is 14.6 Å². The lowest BCUT2D eigenvalue weighted by molar-refractivity contribution is -0.298. The Hall–Kier alpha value is -0.250. The fraction of sp³-hybridized carbons (Fsp3) is 0.846. The van der Waals surface area contributed by atoms with E-state index in [0.29, 0.717) is 6.61 Å². The van der Waals surface area contributed by atoms with Gasteiger partial charge in [0.25, 0.3) is 0 Å². The van der Waals surface area contributed by atoms with E-state index in [0.717, 1.165) is 0 Å². The molecule has 1 fully saturated rings. The molecule has 0 spiro atoms. The number of hydrogen-bond donors (Lipinski definition) is 1. The van der Waals surface area contributed by atoms with Crippen molar-refractivity contribution in [3.05, 3.63) is 0 Å². The van der Waals surface area contributed by atoms with E-state index in [-0.39, 0.29) is 23.5 Å². The van der Waals surface area contributed by atoms with Crippen LogP contribution in [0.5, 0.6) is 0 Å². The van der Waals surface area contributed by atoms with Crippen LogP contribution in [-0.2, 0) is 9.47 Å². The van der Waals surface area contributed by atoms with Gasteiger partial charge in [-0.25, -0.2) is 0 Å². The predicted molar refractivity (Wildman–Crippen MR) is 73.5 cm³/mol. The van der Waals surface area contributed by atoms with E-state index in [1.165, 1.54) is 0 Å². The van der Waals surface area contributed by atoms with Gasteiger partial charge in [-0.1, -0.05) is 27.7 Å². The Balaban J connectivity index is 3.08. The van der Waals surface area contributed by atoms with E-state index in [1.54, 1.807) is 0 Å². The van der Waals surface area contributed by atoms with Gasteiger partial charge in [0.15, 0.2) is 0 Å². The number of hydrogen-bond acceptors (Lipinski definition) is 3. The molecule has 1 aliphatic rings. The number of rotatable bonds is 2. The van der Waals surface area contributed by atoms with Gasteiger partial charge in [0.05, 0.1) is 19.3 Å². The van der Waals surface area contributed by atoms with E-state index in [9.17, 15) is 5.11 Å². The van der Waals surface area contributed by atoms with Crippen molar-refractivity contribution in [2.24, 2.45) is 10.8 Å². The Morgan fingerprint density at radius 2 is 2.00 bits per heavy atom. The van der Waals surface area contributed by atoms with Crippen LogP contribution >= 0.6 is 9.89 Å². The van der Waals surface area contributed by atoms with Crippen molar-refractivity contribution >= 4 is 15.8 Å². The fourth-order valence-electron chi connectivity index (χ4n) is 2.24. The van der Waals surface area contributed by atoms with Gasteiger partial charge in [0, 0.05) is 17.8 Å². The van der Waals surface area contributed by atoms with Crippen LogP contribution in [0, 0.1) is 16.5 Å². The summed E-state index contributed by atoms with van der Waals surface area (Å²) in [6.45, 7) is 10.6. The Labute approximate surface area is 106 Å². The summed E-state index contributed by atoms with van der Waals surface area (Å²) in [6.07, 6.45) is -0.126. The maximum Gasteiger partial charge on any atom is 0.231 e. The second-order valence-corrected chi connectivity index (χ2v) is 7.81. The summed E-state index contributed by atoms with van der Waals surface area (Å²) >= 11 is 0. The van der Waals surface area contributed by atoms with E-state index in [2.05, 4.69) is 19.7 Å². The van der Waals surface area contributed by atoms with Gasteiger partial charge in [-0.15, -0.1) is 15.6 Å². The first-order valence-electron chi connectivity index (χ1n) is 5.76. The molecule has 1 saturated heterocycles. The lowest BCUT2D eigenvalue weighted by Gasteiger charge is -2.51. The Bertz CT molecular complexity index is 399. The zero-order valence-corrected chi connectivity index (χ0v) is 12.3. The van der Waals surface area contributed by atoms with Crippen molar-refractivity contribution in [3.63, 3.8) is 0 Å². The SMILES string of the molecule is C#S(=C)C1(C)OCC(C)(C)C(C(C)(C)CO)O1. The molecule has 0 radical (unpaired) electrons. The van der Waals surface area contributed by atoms with E-state index in [4.69, 9.17) is 15.2 Å². The maximum absolute atomic E-state index is 9.52. The van der Waals surface area contributed by atoms with Gasteiger partial charge in [-0.3, -0.25) is 0 Å². The summed E-state index contributed by atoms with van der Waals surface area (Å²) in [5.74, 6) is 3.82. The van der Waals surface area contributed by atoms with Crippen molar-refractivity contribution in [1.82, 2.24) is 0 Å². The van der Waals surface area contributed by atoms with Crippen molar-refractivity contribution in [2.45, 2.75) is 45.8 Å². The highest BCUT2D eigenvalue weighted by molar-refractivity contribution is 8.04. The smallest absolute Gasteiger partial charge is 0.231 e. The van der Waals surface area contributed by atoms with Crippen LogP contribution in [0.2, 0.25) is 0 Å². The van der Waals surface area contributed by atoms with Gasteiger partial charge in [0.2, 0.25) is 5.12 Å². The molecular formula is C13H24O3S. The summed E-state index contributed by atoms with van der Waals surface area (Å²) < 4.78 is 11.8. The molecule has 0 aliphatic carbocycles. The first-order chi connectivity index (χ1) is 7.55. The van der Waals surface area contributed by atoms with Gasteiger partial charge in [-0.2, -0.15) is 0 Å². The normalized spacial score (nSPS) is 33.4. The van der Waals surface area contributed by atoms with Crippen LogP contribution in [0.4, 0.5) is 0 Å². The minimum Gasteiger partial charge on any atom is -0.396 e.